The summed E-state index contributed by atoms with van der Waals surface area (Å²) in [5.41, 5.74) is 1.55. The lowest BCUT2D eigenvalue weighted by Gasteiger charge is -2.26. The highest BCUT2D eigenvalue weighted by atomic mass is 32.1. The summed E-state index contributed by atoms with van der Waals surface area (Å²) in [5.74, 6) is -1.43. The summed E-state index contributed by atoms with van der Waals surface area (Å²) in [5, 5.41) is 12.3. The molecule has 0 bridgehead atoms. The lowest BCUT2D eigenvalue weighted by atomic mass is 9.96. The molecule has 1 aliphatic rings. The molecule has 0 saturated carbocycles. The average Bonchev–Trinajstić information content (AvgIpc) is 3.32. The van der Waals surface area contributed by atoms with Crippen molar-refractivity contribution in [2.24, 2.45) is 0 Å². The van der Waals surface area contributed by atoms with Crippen molar-refractivity contribution in [3.63, 3.8) is 0 Å². The number of thiophene rings is 1. The maximum absolute atomic E-state index is 13.0. The van der Waals surface area contributed by atoms with Crippen molar-refractivity contribution in [2.75, 3.05) is 0 Å². The third kappa shape index (κ3) is 3.13. The minimum absolute atomic E-state index is 0.0827. The average molecular weight is 377 g/mol. The van der Waals surface area contributed by atoms with Crippen molar-refractivity contribution in [1.29, 1.82) is 0 Å². The number of pyridine rings is 2. The third-order valence-electron chi connectivity index (χ3n) is 4.37. The van der Waals surface area contributed by atoms with Crippen molar-refractivity contribution in [3.05, 3.63) is 93.9 Å². The predicted molar refractivity (Wildman–Crippen MR) is 100 cm³/mol. The Morgan fingerprint density at radius 1 is 1.11 bits per heavy atom. The maximum Gasteiger partial charge on any atom is 0.290 e. The van der Waals surface area contributed by atoms with Crippen molar-refractivity contribution in [1.82, 2.24) is 14.9 Å². The minimum Gasteiger partial charge on any atom is -0.503 e. The zero-order valence-corrected chi connectivity index (χ0v) is 15.0. The molecule has 1 aliphatic heterocycles. The van der Waals surface area contributed by atoms with Gasteiger partial charge in [0.2, 0.25) is 5.78 Å². The summed E-state index contributed by atoms with van der Waals surface area (Å²) < 4.78 is 0. The van der Waals surface area contributed by atoms with Crippen LogP contribution < -0.4 is 0 Å². The highest BCUT2D eigenvalue weighted by Crippen LogP contribution is 2.40. The van der Waals surface area contributed by atoms with Gasteiger partial charge in [-0.05, 0) is 34.7 Å². The molecule has 0 unspecified atom stereocenters. The van der Waals surface area contributed by atoms with Gasteiger partial charge in [-0.15, -0.1) is 11.3 Å². The van der Waals surface area contributed by atoms with E-state index in [0.29, 0.717) is 10.4 Å². The normalized spacial score (nSPS) is 16.8. The molecule has 1 atom stereocenters. The number of nitrogens with zero attached hydrogens (tertiary/aromatic N) is 3. The number of ketones is 1. The van der Waals surface area contributed by atoms with E-state index in [1.165, 1.54) is 16.2 Å². The molecule has 27 heavy (non-hydrogen) atoms. The van der Waals surface area contributed by atoms with Crippen molar-refractivity contribution in [3.8, 4) is 0 Å². The van der Waals surface area contributed by atoms with Crippen LogP contribution in [-0.4, -0.2) is 31.7 Å². The van der Waals surface area contributed by atoms with Crippen LogP contribution in [0.5, 0.6) is 0 Å². The molecule has 134 valence electrons. The Morgan fingerprint density at radius 3 is 2.52 bits per heavy atom. The molecule has 4 heterocycles. The number of Topliss-reactive ketones (excluding diaryl/α,β-unsaturated/α-hetero) is 1. The standard InChI is InChI=1S/C20H15N3O3S/c24-18(15-6-3-9-27-15)16-17(14-5-2-8-22-11-14)23(20(26)19(16)25)12-13-4-1-7-21-10-13/h1-11,17,25H,12H2/t17-/m0/s1. The van der Waals surface area contributed by atoms with Gasteiger partial charge in [0.15, 0.2) is 5.76 Å². The number of aliphatic hydroxyl groups excluding tert-OH is 1. The van der Waals surface area contributed by atoms with E-state index >= 15 is 0 Å². The molecule has 0 saturated heterocycles. The van der Waals surface area contributed by atoms with Gasteiger partial charge in [0.25, 0.3) is 5.91 Å². The number of aliphatic hydroxyl groups is 1. The second-order valence-corrected chi connectivity index (χ2v) is 7.00. The molecule has 0 spiro atoms. The number of amides is 1. The van der Waals surface area contributed by atoms with Crippen LogP contribution in [0.4, 0.5) is 0 Å². The van der Waals surface area contributed by atoms with E-state index in [1.807, 2.05) is 6.07 Å². The molecule has 1 N–H and O–H groups in total. The number of hydrogen-bond donors (Lipinski definition) is 1. The topological polar surface area (TPSA) is 83.4 Å². The molecule has 0 radical (unpaired) electrons. The molecule has 0 aromatic carbocycles. The van der Waals surface area contributed by atoms with Crippen LogP contribution in [0.25, 0.3) is 0 Å². The highest BCUT2D eigenvalue weighted by Gasteiger charge is 2.44. The first kappa shape index (κ1) is 17.1. The van der Waals surface area contributed by atoms with Gasteiger partial charge in [-0.1, -0.05) is 18.2 Å². The first-order valence-electron chi connectivity index (χ1n) is 8.28. The van der Waals surface area contributed by atoms with Crippen LogP contribution in [0.2, 0.25) is 0 Å². The van der Waals surface area contributed by atoms with Crippen molar-refractivity contribution >= 4 is 23.0 Å². The molecule has 6 nitrogen and oxygen atoms in total. The van der Waals surface area contributed by atoms with E-state index in [9.17, 15) is 14.7 Å². The number of aromatic nitrogens is 2. The summed E-state index contributed by atoms with van der Waals surface area (Å²) in [6.07, 6.45) is 6.53. The first-order chi connectivity index (χ1) is 13.2. The lowest BCUT2D eigenvalue weighted by Crippen LogP contribution is -2.30. The molecule has 4 rings (SSSR count). The van der Waals surface area contributed by atoms with Gasteiger partial charge < -0.3 is 10.0 Å². The summed E-state index contributed by atoms with van der Waals surface area (Å²) >= 11 is 1.27. The van der Waals surface area contributed by atoms with Gasteiger partial charge in [0.05, 0.1) is 16.5 Å². The lowest BCUT2D eigenvalue weighted by molar-refractivity contribution is -0.130. The van der Waals surface area contributed by atoms with Crippen LogP contribution in [0.1, 0.15) is 26.8 Å². The first-order valence-corrected chi connectivity index (χ1v) is 9.16. The highest BCUT2D eigenvalue weighted by molar-refractivity contribution is 7.12. The second-order valence-electron chi connectivity index (χ2n) is 6.05. The molecular weight excluding hydrogens is 362 g/mol. The van der Waals surface area contributed by atoms with E-state index in [1.54, 1.807) is 60.5 Å². The van der Waals surface area contributed by atoms with Crippen LogP contribution in [-0.2, 0) is 11.3 Å². The molecule has 0 aliphatic carbocycles. The van der Waals surface area contributed by atoms with Gasteiger partial charge in [-0.3, -0.25) is 19.6 Å². The maximum atomic E-state index is 13.0. The van der Waals surface area contributed by atoms with Gasteiger partial charge in [0.1, 0.15) is 0 Å². The van der Waals surface area contributed by atoms with Crippen LogP contribution in [0, 0.1) is 0 Å². The van der Waals surface area contributed by atoms with Crippen molar-refractivity contribution < 1.29 is 14.7 Å². The fourth-order valence-corrected chi connectivity index (χ4v) is 3.84. The molecule has 7 heteroatoms. The third-order valence-corrected chi connectivity index (χ3v) is 5.24. The summed E-state index contributed by atoms with van der Waals surface area (Å²) in [4.78, 5) is 36.0. The minimum atomic E-state index is -0.707. The number of carbonyl (C=O) groups excluding carboxylic acids is 2. The van der Waals surface area contributed by atoms with E-state index in [2.05, 4.69) is 9.97 Å². The van der Waals surface area contributed by atoms with Gasteiger partial charge >= 0.3 is 0 Å². The zero-order valence-electron chi connectivity index (χ0n) is 14.1. The van der Waals surface area contributed by atoms with Crippen LogP contribution in [0.15, 0.2) is 77.9 Å². The summed E-state index contributed by atoms with van der Waals surface area (Å²) in [6, 6.07) is 9.89. The number of hydrogen-bond acceptors (Lipinski definition) is 6. The van der Waals surface area contributed by atoms with E-state index < -0.39 is 17.7 Å². The fourth-order valence-electron chi connectivity index (χ4n) is 3.16. The summed E-state index contributed by atoms with van der Waals surface area (Å²) in [6.45, 7) is 0.220. The zero-order chi connectivity index (χ0) is 18.8. The number of carbonyl (C=O) groups is 2. The Balaban J connectivity index is 1.79. The summed E-state index contributed by atoms with van der Waals surface area (Å²) in [7, 11) is 0. The predicted octanol–water partition coefficient (Wildman–Crippen LogP) is 3.32. The number of rotatable bonds is 5. The fraction of sp³-hybridized carbons (Fsp3) is 0.100. The Kier molecular flexibility index (Phi) is 4.52. The molecular formula is C20H15N3O3S. The van der Waals surface area contributed by atoms with Gasteiger partial charge in [-0.2, -0.15) is 0 Å². The Bertz CT molecular complexity index is 1000. The van der Waals surface area contributed by atoms with Crippen LogP contribution in [0.3, 0.4) is 0 Å². The Morgan fingerprint density at radius 2 is 1.89 bits per heavy atom. The monoisotopic (exact) mass is 377 g/mol. The molecule has 3 aromatic heterocycles. The smallest absolute Gasteiger partial charge is 0.290 e. The Hall–Kier alpha value is -3.32. The SMILES string of the molecule is O=C(C1=C(O)C(=O)N(Cc2cccnc2)[C@H]1c1cccnc1)c1cccs1. The van der Waals surface area contributed by atoms with E-state index in [-0.39, 0.29) is 17.9 Å². The van der Waals surface area contributed by atoms with E-state index in [0.717, 1.165) is 5.56 Å². The quantitative estimate of drug-likeness (QED) is 0.690. The Labute approximate surface area is 159 Å². The second kappa shape index (κ2) is 7.13. The molecule has 0 fully saturated rings. The van der Waals surface area contributed by atoms with Crippen molar-refractivity contribution in [2.45, 2.75) is 12.6 Å². The van der Waals surface area contributed by atoms with Gasteiger partial charge in [0, 0.05) is 31.3 Å². The van der Waals surface area contributed by atoms with E-state index in [4.69, 9.17) is 0 Å². The van der Waals surface area contributed by atoms with Gasteiger partial charge in [-0.25, -0.2) is 0 Å². The molecule has 3 aromatic rings. The van der Waals surface area contributed by atoms with Crippen LogP contribution >= 0.6 is 11.3 Å². The largest absolute Gasteiger partial charge is 0.503 e. The molecule has 1 amide bonds.